The van der Waals surface area contributed by atoms with Crippen LogP contribution in [0.25, 0.3) is 0 Å². The molecule has 1 aromatic heterocycles. The first-order chi connectivity index (χ1) is 7.04. The van der Waals surface area contributed by atoms with E-state index in [2.05, 4.69) is 15.6 Å². The summed E-state index contributed by atoms with van der Waals surface area (Å²) in [5, 5.41) is 14.4. The normalized spacial score (nSPS) is 9.73. The van der Waals surface area contributed by atoms with Crippen LogP contribution in [0.1, 0.15) is 15.4 Å². The lowest BCUT2D eigenvalue weighted by molar-refractivity contribution is -0.118. The summed E-state index contributed by atoms with van der Waals surface area (Å²) < 4.78 is 0. The molecule has 7 heteroatoms. The summed E-state index contributed by atoms with van der Waals surface area (Å²) in [6, 6.07) is 0. The highest BCUT2D eigenvalue weighted by atomic mass is 32.1. The fourth-order valence-electron chi connectivity index (χ4n) is 0.915. The molecule has 15 heavy (non-hydrogen) atoms. The second-order valence-electron chi connectivity index (χ2n) is 2.77. The van der Waals surface area contributed by atoms with Crippen LogP contribution in [0, 0.1) is 6.92 Å². The molecule has 3 N–H and O–H groups in total. The van der Waals surface area contributed by atoms with Crippen LogP contribution in [-0.2, 0) is 4.79 Å². The van der Waals surface area contributed by atoms with Gasteiger partial charge in [0.2, 0.25) is 5.91 Å². The Kier molecular flexibility index (Phi) is 3.62. The molecule has 0 aliphatic heterocycles. The van der Waals surface area contributed by atoms with E-state index in [1.54, 1.807) is 6.92 Å². The summed E-state index contributed by atoms with van der Waals surface area (Å²) in [6.07, 6.45) is 0. The Labute approximate surface area is 90.3 Å². The highest BCUT2D eigenvalue weighted by Crippen LogP contribution is 2.21. The number of aryl methyl sites for hydroxylation is 1. The lowest BCUT2D eigenvalue weighted by Crippen LogP contribution is -2.26. The Balaban J connectivity index is 2.67. The van der Waals surface area contributed by atoms with E-state index in [1.807, 2.05) is 0 Å². The molecule has 1 amide bonds. The summed E-state index contributed by atoms with van der Waals surface area (Å²) in [5.74, 6) is -1.18. The summed E-state index contributed by atoms with van der Waals surface area (Å²) in [6.45, 7) is 1.70. The SMILES string of the molecule is CNC(=O)CNc1nc(C)c(C(=O)O)s1. The number of carboxylic acids is 1. The van der Waals surface area contributed by atoms with Gasteiger partial charge in [-0.25, -0.2) is 9.78 Å². The number of hydrogen-bond donors (Lipinski definition) is 3. The molecule has 0 radical (unpaired) electrons. The zero-order valence-electron chi connectivity index (χ0n) is 8.33. The van der Waals surface area contributed by atoms with Crippen molar-refractivity contribution in [1.29, 1.82) is 0 Å². The molecule has 0 atom stereocenters. The first kappa shape index (κ1) is 11.4. The van der Waals surface area contributed by atoms with E-state index in [1.165, 1.54) is 7.05 Å². The molecular weight excluding hydrogens is 218 g/mol. The summed E-state index contributed by atoms with van der Waals surface area (Å²) in [4.78, 5) is 25.8. The highest BCUT2D eigenvalue weighted by molar-refractivity contribution is 7.17. The number of likely N-dealkylation sites (N-methyl/N-ethyl adjacent to an activating group) is 1. The van der Waals surface area contributed by atoms with Crippen LogP contribution in [-0.4, -0.2) is 35.6 Å². The van der Waals surface area contributed by atoms with Gasteiger partial charge in [0.15, 0.2) is 5.13 Å². The van der Waals surface area contributed by atoms with Crippen molar-refractivity contribution in [3.63, 3.8) is 0 Å². The number of thiazole rings is 1. The largest absolute Gasteiger partial charge is 0.477 e. The van der Waals surface area contributed by atoms with E-state index >= 15 is 0 Å². The minimum absolute atomic E-state index is 0.0858. The van der Waals surface area contributed by atoms with Gasteiger partial charge >= 0.3 is 5.97 Å². The van der Waals surface area contributed by atoms with Crippen molar-refractivity contribution in [2.45, 2.75) is 6.92 Å². The summed E-state index contributed by atoms with van der Waals surface area (Å²) in [7, 11) is 1.53. The Morgan fingerprint density at radius 1 is 1.53 bits per heavy atom. The Bertz CT molecular complexity index is 388. The van der Waals surface area contributed by atoms with E-state index in [-0.39, 0.29) is 17.3 Å². The van der Waals surface area contributed by atoms with Gasteiger partial charge in [0.1, 0.15) is 4.88 Å². The first-order valence-corrected chi connectivity index (χ1v) is 5.01. The number of nitrogens with one attached hydrogen (secondary N) is 2. The maximum Gasteiger partial charge on any atom is 0.347 e. The fraction of sp³-hybridized carbons (Fsp3) is 0.375. The molecule has 0 saturated heterocycles. The van der Waals surface area contributed by atoms with Gasteiger partial charge in [0, 0.05) is 7.05 Å². The average Bonchev–Trinajstić information content (AvgIpc) is 2.56. The molecule has 0 unspecified atom stereocenters. The third-order valence-corrected chi connectivity index (χ3v) is 2.77. The molecule has 1 aromatic rings. The lowest BCUT2D eigenvalue weighted by Gasteiger charge is -1.99. The standard InChI is InChI=1S/C8H11N3O3S/c1-4-6(7(13)14)15-8(11-4)10-3-5(12)9-2/h3H2,1-2H3,(H,9,12)(H,10,11)(H,13,14). The molecule has 1 rings (SSSR count). The van der Waals surface area contributed by atoms with Crippen LogP contribution < -0.4 is 10.6 Å². The van der Waals surface area contributed by atoms with Crippen molar-refractivity contribution in [2.75, 3.05) is 18.9 Å². The number of aromatic nitrogens is 1. The van der Waals surface area contributed by atoms with Gasteiger partial charge in [-0.05, 0) is 6.92 Å². The van der Waals surface area contributed by atoms with Crippen molar-refractivity contribution < 1.29 is 14.7 Å². The van der Waals surface area contributed by atoms with Crippen molar-refractivity contribution in [3.05, 3.63) is 10.6 Å². The molecule has 0 spiro atoms. The molecule has 0 aliphatic carbocycles. The monoisotopic (exact) mass is 229 g/mol. The van der Waals surface area contributed by atoms with E-state index in [0.29, 0.717) is 10.8 Å². The Hall–Kier alpha value is -1.63. The molecule has 6 nitrogen and oxygen atoms in total. The van der Waals surface area contributed by atoms with E-state index < -0.39 is 5.97 Å². The van der Waals surface area contributed by atoms with Crippen molar-refractivity contribution in [1.82, 2.24) is 10.3 Å². The van der Waals surface area contributed by atoms with Crippen LogP contribution in [0.3, 0.4) is 0 Å². The number of aromatic carboxylic acids is 1. The highest BCUT2D eigenvalue weighted by Gasteiger charge is 2.13. The number of rotatable bonds is 4. The van der Waals surface area contributed by atoms with Crippen LogP contribution in [0.5, 0.6) is 0 Å². The van der Waals surface area contributed by atoms with Gasteiger partial charge in [-0.1, -0.05) is 11.3 Å². The quantitative estimate of drug-likeness (QED) is 0.691. The van der Waals surface area contributed by atoms with Crippen molar-refractivity contribution >= 4 is 28.3 Å². The summed E-state index contributed by atoms with van der Waals surface area (Å²) >= 11 is 1.02. The number of carboxylic acid groups (broad SMARTS) is 1. The molecule has 0 saturated carbocycles. The van der Waals surface area contributed by atoms with Gasteiger partial charge in [0.25, 0.3) is 0 Å². The predicted octanol–water partition coefficient (Wildman–Crippen LogP) is 0.308. The fourth-order valence-corrected chi connectivity index (χ4v) is 1.72. The molecule has 0 aliphatic rings. The van der Waals surface area contributed by atoms with Gasteiger partial charge in [-0.3, -0.25) is 4.79 Å². The molecule has 82 valence electrons. The third-order valence-electron chi connectivity index (χ3n) is 1.67. The van der Waals surface area contributed by atoms with Crippen LogP contribution in [0.15, 0.2) is 0 Å². The van der Waals surface area contributed by atoms with Crippen molar-refractivity contribution in [3.8, 4) is 0 Å². The van der Waals surface area contributed by atoms with Gasteiger partial charge in [-0.2, -0.15) is 0 Å². The number of anilines is 1. The number of carbonyl (C=O) groups is 2. The maximum absolute atomic E-state index is 10.9. The van der Waals surface area contributed by atoms with E-state index in [4.69, 9.17) is 5.11 Å². The van der Waals surface area contributed by atoms with E-state index in [9.17, 15) is 9.59 Å². The van der Waals surface area contributed by atoms with Crippen LogP contribution >= 0.6 is 11.3 Å². The van der Waals surface area contributed by atoms with Crippen molar-refractivity contribution in [2.24, 2.45) is 0 Å². The lowest BCUT2D eigenvalue weighted by atomic mass is 10.4. The molecule has 0 aromatic carbocycles. The Morgan fingerprint density at radius 2 is 2.20 bits per heavy atom. The third kappa shape index (κ3) is 2.91. The smallest absolute Gasteiger partial charge is 0.347 e. The number of hydrogen-bond acceptors (Lipinski definition) is 5. The topological polar surface area (TPSA) is 91.3 Å². The second kappa shape index (κ2) is 4.74. The minimum atomic E-state index is -1.00. The van der Waals surface area contributed by atoms with E-state index in [0.717, 1.165) is 11.3 Å². The maximum atomic E-state index is 10.9. The predicted molar refractivity (Wildman–Crippen MR) is 56.4 cm³/mol. The summed E-state index contributed by atoms with van der Waals surface area (Å²) in [5.41, 5.74) is 0.451. The van der Waals surface area contributed by atoms with Gasteiger partial charge in [0.05, 0.1) is 12.2 Å². The molecule has 0 fully saturated rings. The number of nitrogens with zero attached hydrogens (tertiary/aromatic N) is 1. The number of amides is 1. The average molecular weight is 229 g/mol. The van der Waals surface area contributed by atoms with Crippen LogP contribution in [0.4, 0.5) is 5.13 Å². The van der Waals surface area contributed by atoms with Gasteiger partial charge < -0.3 is 15.7 Å². The molecule has 0 bridgehead atoms. The zero-order valence-corrected chi connectivity index (χ0v) is 9.14. The minimum Gasteiger partial charge on any atom is -0.477 e. The molecule has 1 heterocycles. The number of carbonyl (C=O) groups excluding carboxylic acids is 1. The first-order valence-electron chi connectivity index (χ1n) is 4.19. The van der Waals surface area contributed by atoms with Crippen LogP contribution in [0.2, 0.25) is 0 Å². The molecular formula is C8H11N3O3S. The van der Waals surface area contributed by atoms with Gasteiger partial charge in [-0.15, -0.1) is 0 Å². The zero-order chi connectivity index (χ0) is 11.4. The second-order valence-corrected chi connectivity index (χ2v) is 3.76. The Morgan fingerprint density at radius 3 is 2.67 bits per heavy atom.